The maximum absolute atomic E-state index is 13.2. The van der Waals surface area contributed by atoms with Crippen molar-refractivity contribution in [1.82, 2.24) is 0 Å². The lowest BCUT2D eigenvalue weighted by Crippen LogP contribution is -2.43. The summed E-state index contributed by atoms with van der Waals surface area (Å²) >= 11 is 5.68. The van der Waals surface area contributed by atoms with Crippen molar-refractivity contribution in [2.24, 2.45) is 0 Å². The lowest BCUT2D eigenvalue weighted by molar-refractivity contribution is -0.117. The van der Waals surface area contributed by atoms with Gasteiger partial charge in [-0.3, -0.25) is 4.79 Å². The lowest BCUT2D eigenvalue weighted by Gasteiger charge is -2.33. The van der Waals surface area contributed by atoms with E-state index in [0.717, 1.165) is 5.69 Å². The van der Waals surface area contributed by atoms with Crippen molar-refractivity contribution in [3.05, 3.63) is 23.0 Å². The highest BCUT2D eigenvalue weighted by Crippen LogP contribution is 2.34. The van der Waals surface area contributed by atoms with Crippen LogP contribution in [0, 0.1) is 5.82 Å². The van der Waals surface area contributed by atoms with E-state index in [1.54, 1.807) is 18.9 Å². The molecule has 1 atom stereocenters. The lowest BCUT2D eigenvalue weighted by atomic mass is 10.1. The Balaban J connectivity index is 2.56. The number of rotatable bonds is 0. The SMILES string of the molecule is CC1C(=O)Nc2cc(F)c(Cl)cc2N1C. The summed E-state index contributed by atoms with van der Waals surface area (Å²) in [7, 11) is 1.77. The Morgan fingerprint density at radius 3 is 2.87 bits per heavy atom. The van der Waals surface area contributed by atoms with E-state index in [1.165, 1.54) is 12.1 Å². The molecule has 0 saturated carbocycles. The molecule has 1 aromatic carbocycles. The molecule has 0 spiro atoms. The highest BCUT2D eigenvalue weighted by Gasteiger charge is 2.27. The van der Waals surface area contributed by atoms with Crippen molar-refractivity contribution < 1.29 is 9.18 Å². The molecule has 1 amide bonds. The summed E-state index contributed by atoms with van der Waals surface area (Å²) in [5.74, 6) is -0.676. The molecule has 5 heteroatoms. The fraction of sp³-hybridized carbons (Fsp3) is 0.300. The third-order valence-electron chi connectivity index (χ3n) is 2.64. The highest BCUT2D eigenvalue weighted by atomic mass is 35.5. The molecule has 0 bridgehead atoms. The second-order valence-electron chi connectivity index (χ2n) is 3.56. The van der Waals surface area contributed by atoms with Crippen LogP contribution in [0.2, 0.25) is 5.02 Å². The van der Waals surface area contributed by atoms with E-state index in [2.05, 4.69) is 5.32 Å². The van der Waals surface area contributed by atoms with Crippen LogP contribution in [0.3, 0.4) is 0 Å². The summed E-state index contributed by atoms with van der Waals surface area (Å²) in [4.78, 5) is 13.2. The monoisotopic (exact) mass is 228 g/mol. The number of benzene rings is 1. The first kappa shape index (κ1) is 10.2. The van der Waals surface area contributed by atoms with Crippen LogP contribution >= 0.6 is 11.6 Å². The molecule has 15 heavy (non-hydrogen) atoms. The van der Waals surface area contributed by atoms with Crippen molar-refractivity contribution in [2.45, 2.75) is 13.0 Å². The van der Waals surface area contributed by atoms with Crippen LogP contribution in [0.25, 0.3) is 0 Å². The molecule has 1 aliphatic rings. The van der Waals surface area contributed by atoms with Crippen molar-refractivity contribution in [3.8, 4) is 0 Å². The largest absolute Gasteiger partial charge is 0.361 e. The molecule has 0 aliphatic carbocycles. The zero-order valence-corrected chi connectivity index (χ0v) is 9.10. The van der Waals surface area contributed by atoms with Gasteiger partial charge in [-0.2, -0.15) is 0 Å². The molecule has 0 saturated heterocycles. The maximum Gasteiger partial charge on any atom is 0.246 e. The third-order valence-corrected chi connectivity index (χ3v) is 2.93. The molecule has 3 nitrogen and oxygen atoms in total. The number of anilines is 2. The molecule has 0 fully saturated rings. The summed E-state index contributed by atoms with van der Waals surface area (Å²) in [6.45, 7) is 1.77. The van der Waals surface area contributed by atoms with Crippen LogP contribution < -0.4 is 10.2 Å². The van der Waals surface area contributed by atoms with E-state index in [4.69, 9.17) is 11.6 Å². The topological polar surface area (TPSA) is 32.3 Å². The van der Waals surface area contributed by atoms with Gasteiger partial charge in [-0.25, -0.2) is 4.39 Å². The molecular weight excluding hydrogens is 219 g/mol. The first-order valence-corrected chi connectivity index (χ1v) is 4.91. The summed E-state index contributed by atoms with van der Waals surface area (Å²) in [6.07, 6.45) is 0. The van der Waals surface area contributed by atoms with Gasteiger partial charge in [0.25, 0.3) is 0 Å². The van der Waals surface area contributed by atoms with E-state index >= 15 is 0 Å². The molecule has 1 aliphatic heterocycles. The Kier molecular flexibility index (Phi) is 2.31. The first-order valence-electron chi connectivity index (χ1n) is 4.53. The molecule has 0 aromatic heterocycles. The summed E-state index contributed by atoms with van der Waals surface area (Å²) in [5.41, 5.74) is 1.19. The fourth-order valence-electron chi connectivity index (χ4n) is 1.55. The highest BCUT2D eigenvalue weighted by molar-refractivity contribution is 6.31. The average molecular weight is 229 g/mol. The number of amides is 1. The molecule has 80 valence electrons. The van der Waals surface area contributed by atoms with Crippen molar-refractivity contribution >= 4 is 28.9 Å². The Bertz CT molecular complexity index is 436. The fourth-order valence-corrected chi connectivity index (χ4v) is 1.71. The Hall–Kier alpha value is -1.29. The van der Waals surface area contributed by atoms with Gasteiger partial charge < -0.3 is 10.2 Å². The molecule has 1 unspecified atom stereocenters. The second-order valence-corrected chi connectivity index (χ2v) is 3.97. The average Bonchev–Trinajstić information content (AvgIpc) is 2.19. The summed E-state index contributed by atoms with van der Waals surface area (Å²) in [5, 5.41) is 2.69. The quantitative estimate of drug-likeness (QED) is 0.739. The number of likely N-dealkylation sites (N-methyl/N-ethyl adjacent to an activating group) is 1. The summed E-state index contributed by atoms with van der Waals surface area (Å²) < 4.78 is 13.2. The van der Waals surface area contributed by atoms with Gasteiger partial charge in [-0.1, -0.05) is 11.6 Å². The van der Waals surface area contributed by atoms with E-state index in [9.17, 15) is 9.18 Å². The minimum absolute atomic E-state index is 0.0592. The zero-order chi connectivity index (χ0) is 11.2. The van der Waals surface area contributed by atoms with Crippen LogP contribution in [0.4, 0.5) is 15.8 Å². The van der Waals surface area contributed by atoms with E-state index < -0.39 is 5.82 Å². The number of nitrogens with one attached hydrogen (secondary N) is 1. The van der Waals surface area contributed by atoms with E-state index in [0.29, 0.717) is 5.69 Å². The minimum Gasteiger partial charge on any atom is -0.361 e. The number of nitrogens with zero attached hydrogens (tertiary/aromatic N) is 1. The van der Waals surface area contributed by atoms with Gasteiger partial charge in [0.1, 0.15) is 11.9 Å². The van der Waals surface area contributed by atoms with Gasteiger partial charge >= 0.3 is 0 Å². The van der Waals surface area contributed by atoms with Crippen LogP contribution in [-0.2, 0) is 4.79 Å². The maximum atomic E-state index is 13.2. The van der Waals surface area contributed by atoms with Gasteiger partial charge in [0.05, 0.1) is 16.4 Å². The van der Waals surface area contributed by atoms with E-state index in [1.807, 2.05) is 0 Å². The molecule has 1 heterocycles. The Morgan fingerprint density at radius 1 is 1.53 bits per heavy atom. The van der Waals surface area contributed by atoms with Crippen LogP contribution in [0.15, 0.2) is 12.1 Å². The first-order chi connectivity index (χ1) is 7.00. The second kappa shape index (κ2) is 3.38. The minimum atomic E-state index is -0.529. The summed E-state index contributed by atoms with van der Waals surface area (Å²) in [6, 6.07) is 2.47. The Morgan fingerprint density at radius 2 is 2.20 bits per heavy atom. The standard InChI is InChI=1S/C10H10ClFN2O/c1-5-10(15)13-8-4-7(12)6(11)3-9(8)14(5)2/h3-5H,1-2H3,(H,13,15). The predicted octanol–water partition coefficient (Wildman–Crippen LogP) is 2.26. The van der Waals surface area contributed by atoms with Crippen molar-refractivity contribution in [2.75, 3.05) is 17.3 Å². The molecule has 1 N–H and O–H groups in total. The van der Waals surface area contributed by atoms with Crippen molar-refractivity contribution in [1.29, 1.82) is 0 Å². The number of hydrogen-bond acceptors (Lipinski definition) is 2. The van der Waals surface area contributed by atoms with Crippen molar-refractivity contribution in [3.63, 3.8) is 0 Å². The number of halogens is 2. The van der Waals surface area contributed by atoms with E-state index in [-0.39, 0.29) is 17.0 Å². The zero-order valence-electron chi connectivity index (χ0n) is 8.34. The smallest absolute Gasteiger partial charge is 0.246 e. The Labute approximate surface area is 91.8 Å². The number of fused-ring (bicyclic) bond motifs is 1. The van der Waals surface area contributed by atoms with Crippen LogP contribution in [-0.4, -0.2) is 19.0 Å². The molecular formula is C10H10ClFN2O. The third kappa shape index (κ3) is 1.55. The molecule has 0 radical (unpaired) electrons. The normalized spacial score (nSPS) is 19.9. The molecule has 2 rings (SSSR count). The van der Waals surface area contributed by atoms with Gasteiger partial charge in [-0.05, 0) is 13.0 Å². The van der Waals surface area contributed by atoms with Gasteiger partial charge in [0, 0.05) is 13.1 Å². The number of carbonyl (C=O) groups excluding carboxylic acids is 1. The van der Waals surface area contributed by atoms with Gasteiger partial charge in [0.2, 0.25) is 5.91 Å². The van der Waals surface area contributed by atoms with Crippen LogP contribution in [0.5, 0.6) is 0 Å². The number of hydrogen-bond donors (Lipinski definition) is 1. The van der Waals surface area contributed by atoms with Crippen LogP contribution in [0.1, 0.15) is 6.92 Å². The van der Waals surface area contributed by atoms with Gasteiger partial charge in [-0.15, -0.1) is 0 Å². The predicted molar refractivity (Wildman–Crippen MR) is 57.9 cm³/mol. The van der Waals surface area contributed by atoms with Gasteiger partial charge in [0.15, 0.2) is 0 Å². The molecule has 1 aromatic rings. The number of carbonyl (C=O) groups is 1.